The van der Waals surface area contributed by atoms with Crippen LogP contribution in [0.2, 0.25) is 0 Å². The molecule has 3 heteroatoms. The van der Waals surface area contributed by atoms with Crippen molar-refractivity contribution in [2.24, 2.45) is 11.8 Å². The Morgan fingerprint density at radius 1 is 1.10 bits per heavy atom. The number of pyridine rings is 1. The van der Waals surface area contributed by atoms with Gasteiger partial charge in [-0.15, -0.1) is 0 Å². The highest BCUT2D eigenvalue weighted by atomic mass is 15.1. The number of anilines is 1. The number of hydrogen-bond donors (Lipinski definition) is 1. The maximum atomic E-state index is 4.49. The lowest BCUT2D eigenvalue weighted by Gasteiger charge is -2.29. The SMILES string of the molecule is CC(C)CN(CC(C)C)c1ccnc(CNC(C)(C)C)c1. The summed E-state index contributed by atoms with van der Waals surface area (Å²) >= 11 is 0. The van der Waals surface area contributed by atoms with Crippen LogP contribution in [0.4, 0.5) is 5.69 Å². The summed E-state index contributed by atoms with van der Waals surface area (Å²) in [4.78, 5) is 6.98. The van der Waals surface area contributed by atoms with Crippen LogP contribution in [-0.2, 0) is 6.54 Å². The smallest absolute Gasteiger partial charge is 0.0562 e. The van der Waals surface area contributed by atoms with E-state index in [1.54, 1.807) is 0 Å². The zero-order chi connectivity index (χ0) is 16.0. The van der Waals surface area contributed by atoms with Gasteiger partial charge < -0.3 is 10.2 Å². The summed E-state index contributed by atoms with van der Waals surface area (Å²) in [5, 5.41) is 3.50. The van der Waals surface area contributed by atoms with E-state index in [1.807, 2.05) is 6.20 Å². The predicted octanol–water partition coefficient (Wildman–Crippen LogP) is 4.09. The molecule has 0 fully saturated rings. The number of rotatable bonds is 7. The van der Waals surface area contributed by atoms with Crippen molar-refractivity contribution in [2.75, 3.05) is 18.0 Å². The van der Waals surface area contributed by atoms with Gasteiger partial charge in [-0.3, -0.25) is 4.98 Å². The Kier molecular flexibility index (Phi) is 6.66. The van der Waals surface area contributed by atoms with E-state index < -0.39 is 0 Å². The second-order valence-corrected chi connectivity index (χ2v) is 7.80. The minimum Gasteiger partial charge on any atom is -0.371 e. The highest BCUT2D eigenvalue weighted by molar-refractivity contribution is 5.46. The van der Waals surface area contributed by atoms with Gasteiger partial charge in [0.2, 0.25) is 0 Å². The van der Waals surface area contributed by atoms with E-state index in [2.05, 4.69) is 75.8 Å². The quantitative estimate of drug-likeness (QED) is 0.820. The van der Waals surface area contributed by atoms with Crippen LogP contribution in [0.25, 0.3) is 0 Å². The van der Waals surface area contributed by atoms with Gasteiger partial charge in [0.25, 0.3) is 0 Å². The summed E-state index contributed by atoms with van der Waals surface area (Å²) in [6.45, 7) is 18.6. The van der Waals surface area contributed by atoms with E-state index in [9.17, 15) is 0 Å². The van der Waals surface area contributed by atoms with Crippen LogP contribution in [0, 0.1) is 11.8 Å². The Hall–Kier alpha value is -1.09. The maximum Gasteiger partial charge on any atom is 0.0562 e. The summed E-state index contributed by atoms with van der Waals surface area (Å²) in [7, 11) is 0. The normalized spacial score (nSPS) is 12.2. The van der Waals surface area contributed by atoms with E-state index in [1.165, 1.54) is 5.69 Å². The molecule has 0 aromatic carbocycles. The number of aromatic nitrogens is 1. The molecule has 0 unspecified atom stereocenters. The van der Waals surface area contributed by atoms with Crippen LogP contribution in [0.3, 0.4) is 0 Å². The first-order valence-electron chi connectivity index (χ1n) is 8.12. The Labute approximate surface area is 131 Å². The molecular weight excluding hydrogens is 258 g/mol. The fourth-order valence-electron chi connectivity index (χ4n) is 2.28. The zero-order valence-corrected chi connectivity index (χ0v) is 14.9. The van der Waals surface area contributed by atoms with Crippen LogP contribution >= 0.6 is 0 Å². The van der Waals surface area contributed by atoms with Gasteiger partial charge in [0.1, 0.15) is 0 Å². The lowest BCUT2D eigenvalue weighted by molar-refractivity contribution is 0.421. The van der Waals surface area contributed by atoms with Crippen LogP contribution < -0.4 is 10.2 Å². The van der Waals surface area contributed by atoms with Crippen molar-refractivity contribution >= 4 is 5.69 Å². The number of nitrogens with one attached hydrogen (secondary N) is 1. The van der Waals surface area contributed by atoms with E-state index in [0.717, 1.165) is 25.3 Å². The van der Waals surface area contributed by atoms with Gasteiger partial charge in [-0.25, -0.2) is 0 Å². The largest absolute Gasteiger partial charge is 0.371 e. The molecule has 0 aliphatic carbocycles. The van der Waals surface area contributed by atoms with Crippen molar-refractivity contribution in [2.45, 2.75) is 60.5 Å². The third-order valence-corrected chi connectivity index (χ3v) is 3.14. The van der Waals surface area contributed by atoms with Crippen LogP contribution in [0.1, 0.15) is 54.2 Å². The fraction of sp³-hybridized carbons (Fsp3) is 0.722. The molecule has 1 N–H and O–H groups in total. The lowest BCUT2D eigenvalue weighted by Crippen LogP contribution is -2.35. The summed E-state index contributed by atoms with van der Waals surface area (Å²) in [5.41, 5.74) is 2.52. The Bertz CT molecular complexity index is 409. The van der Waals surface area contributed by atoms with E-state index in [-0.39, 0.29) is 5.54 Å². The molecule has 0 atom stereocenters. The number of nitrogens with zero attached hydrogens (tertiary/aromatic N) is 2. The number of hydrogen-bond acceptors (Lipinski definition) is 3. The maximum absolute atomic E-state index is 4.49. The first-order chi connectivity index (χ1) is 9.67. The highest BCUT2D eigenvalue weighted by Crippen LogP contribution is 2.18. The van der Waals surface area contributed by atoms with Crippen molar-refractivity contribution in [1.82, 2.24) is 10.3 Å². The second-order valence-electron chi connectivity index (χ2n) is 7.80. The molecule has 0 aliphatic heterocycles. The minimum atomic E-state index is 0.118. The molecular formula is C18H33N3. The third-order valence-electron chi connectivity index (χ3n) is 3.14. The molecule has 0 saturated carbocycles. The first-order valence-corrected chi connectivity index (χ1v) is 8.12. The Morgan fingerprint density at radius 2 is 1.67 bits per heavy atom. The second kappa shape index (κ2) is 7.79. The molecule has 1 heterocycles. The average molecular weight is 291 g/mol. The average Bonchev–Trinajstić information content (AvgIpc) is 2.34. The fourth-order valence-corrected chi connectivity index (χ4v) is 2.28. The molecule has 1 aromatic heterocycles. The van der Waals surface area contributed by atoms with Gasteiger partial charge in [0, 0.05) is 37.1 Å². The molecule has 0 bridgehead atoms. The van der Waals surface area contributed by atoms with Crippen LogP contribution in [0.5, 0.6) is 0 Å². The van der Waals surface area contributed by atoms with Gasteiger partial charge in [-0.2, -0.15) is 0 Å². The molecule has 1 aromatic rings. The summed E-state index contributed by atoms with van der Waals surface area (Å²) in [5.74, 6) is 1.32. The van der Waals surface area contributed by atoms with Crippen molar-refractivity contribution < 1.29 is 0 Å². The van der Waals surface area contributed by atoms with Crippen LogP contribution in [0.15, 0.2) is 18.3 Å². The first kappa shape index (κ1) is 18.0. The summed E-state index contributed by atoms with van der Waals surface area (Å²) < 4.78 is 0. The monoisotopic (exact) mass is 291 g/mol. The van der Waals surface area contributed by atoms with Gasteiger partial charge >= 0.3 is 0 Å². The van der Waals surface area contributed by atoms with E-state index in [0.29, 0.717) is 11.8 Å². The molecule has 3 nitrogen and oxygen atoms in total. The third kappa shape index (κ3) is 7.47. The van der Waals surface area contributed by atoms with E-state index in [4.69, 9.17) is 0 Å². The van der Waals surface area contributed by atoms with Crippen LogP contribution in [-0.4, -0.2) is 23.6 Å². The molecule has 0 spiro atoms. The highest BCUT2D eigenvalue weighted by Gasteiger charge is 2.13. The molecule has 0 radical (unpaired) electrons. The molecule has 21 heavy (non-hydrogen) atoms. The topological polar surface area (TPSA) is 28.2 Å². The predicted molar refractivity (Wildman–Crippen MR) is 92.7 cm³/mol. The Balaban J connectivity index is 2.83. The summed E-state index contributed by atoms with van der Waals surface area (Å²) in [6, 6.07) is 4.36. The van der Waals surface area contributed by atoms with Gasteiger partial charge in [0.05, 0.1) is 5.69 Å². The van der Waals surface area contributed by atoms with Crippen molar-refractivity contribution in [3.8, 4) is 0 Å². The summed E-state index contributed by atoms with van der Waals surface area (Å²) in [6.07, 6.45) is 1.93. The van der Waals surface area contributed by atoms with Crippen molar-refractivity contribution in [3.63, 3.8) is 0 Å². The zero-order valence-electron chi connectivity index (χ0n) is 14.9. The molecule has 0 amide bonds. The Morgan fingerprint density at radius 3 is 2.14 bits per heavy atom. The lowest BCUT2D eigenvalue weighted by atomic mass is 10.1. The van der Waals surface area contributed by atoms with Gasteiger partial charge in [0.15, 0.2) is 0 Å². The minimum absolute atomic E-state index is 0.118. The molecule has 120 valence electrons. The van der Waals surface area contributed by atoms with E-state index >= 15 is 0 Å². The standard InChI is InChI=1S/C18H33N3/c1-14(2)12-21(13-15(3)4)17-8-9-19-16(10-17)11-20-18(5,6)7/h8-10,14-15,20H,11-13H2,1-7H3. The van der Waals surface area contributed by atoms with Gasteiger partial charge in [-0.05, 0) is 44.7 Å². The molecule has 0 aliphatic rings. The van der Waals surface area contributed by atoms with Crippen molar-refractivity contribution in [3.05, 3.63) is 24.0 Å². The molecule has 0 saturated heterocycles. The van der Waals surface area contributed by atoms with Crippen molar-refractivity contribution in [1.29, 1.82) is 0 Å². The molecule has 1 rings (SSSR count). The van der Waals surface area contributed by atoms with Gasteiger partial charge in [-0.1, -0.05) is 27.7 Å².